The highest BCUT2D eigenvalue weighted by atomic mass is 16.2. The lowest BCUT2D eigenvalue weighted by molar-refractivity contribution is -0.125. The van der Waals surface area contributed by atoms with Gasteiger partial charge in [0.25, 0.3) is 0 Å². The molecule has 1 aromatic heterocycles. The second-order valence-corrected chi connectivity index (χ2v) is 7.93. The van der Waals surface area contributed by atoms with Crippen molar-refractivity contribution in [3.8, 4) is 6.07 Å². The number of benzene rings is 2. The molecule has 0 unspecified atom stereocenters. The van der Waals surface area contributed by atoms with Crippen LogP contribution in [0.1, 0.15) is 36.1 Å². The van der Waals surface area contributed by atoms with Crippen molar-refractivity contribution >= 4 is 16.9 Å². The van der Waals surface area contributed by atoms with Crippen molar-refractivity contribution in [2.24, 2.45) is 11.7 Å². The summed E-state index contributed by atoms with van der Waals surface area (Å²) in [6.45, 7) is 3.55. The van der Waals surface area contributed by atoms with Gasteiger partial charge in [-0.25, -0.2) is 0 Å². The molecule has 7 nitrogen and oxygen atoms in total. The highest BCUT2D eigenvalue weighted by Gasteiger charge is 2.40. The van der Waals surface area contributed by atoms with E-state index in [1.54, 1.807) is 18.5 Å². The zero-order valence-electron chi connectivity index (χ0n) is 16.8. The first-order valence-corrected chi connectivity index (χ1v) is 10.0. The van der Waals surface area contributed by atoms with Gasteiger partial charge in [-0.3, -0.25) is 14.8 Å². The maximum atomic E-state index is 13.2. The Hall–Kier alpha value is -3.34. The number of aromatic nitrogens is 2. The van der Waals surface area contributed by atoms with Gasteiger partial charge < -0.3 is 16.4 Å². The van der Waals surface area contributed by atoms with Crippen molar-refractivity contribution < 1.29 is 4.79 Å². The predicted octanol–water partition coefficient (Wildman–Crippen LogP) is 2.14. The van der Waals surface area contributed by atoms with E-state index in [9.17, 15) is 10.1 Å². The number of carbonyl (C=O) groups excluding carboxylic acids is 1. The quantitative estimate of drug-likeness (QED) is 0.618. The Balaban J connectivity index is 1.79. The molecule has 0 spiro atoms. The van der Waals surface area contributed by atoms with Crippen LogP contribution in [0.15, 0.2) is 54.9 Å². The van der Waals surface area contributed by atoms with E-state index in [0.717, 1.165) is 24.1 Å². The molecule has 2 aromatic carbocycles. The van der Waals surface area contributed by atoms with Crippen molar-refractivity contribution in [2.45, 2.75) is 24.9 Å². The molecule has 30 heavy (non-hydrogen) atoms. The number of piperidine rings is 1. The third kappa shape index (κ3) is 3.63. The first-order valence-electron chi connectivity index (χ1n) is 10.0. The van der Waals surface area contributed by atoms with Crippen molar-refractivity contribution in [3.05, 3.63) is 71.5 Å². The average Bonchev–Trinajstić information content (AvgIpc) is 2.78. The summed E-state index contributed by atoms with van der Waals surface area (Å²) >= 11 is 0. The number of hydrogen-bond donors (Lipinski definition) is 3. The minimum Gasteiger partial charge on any atom is -0.344 e. The molecule has 2 heterocycles. The fraction of sp³-hybridized carbons (Fsp3) is 0.304. The number of rotatable bonds is 4. The Kier molecular flexibility index (Phi) is 5.44. The smallest absolute Gasteiger partial charge is 0.242 e. The van der Waals surface area contributed by atoms with Crippen LogP contribution in [0.25, 0.3) is 11.0 Å². The van der Waals surface area contributed by atoms with Crippen molar-refractivity contribution in [1.29, 1.82) is 5.26 Å². The van der Waals surface area contributed by atoms with E-state index >= 15 is 0 Å². The molecule has 0 saturated carbocycles. The van der Waals surface area contributed by atoms with Gasteiger partial charge in [0, 0.05) is 24.5 Å². The van der Waals surface area contributed by atoms with Crippen molar-refractivity contribution in [1.82, 2.24) is 20.6 Å². The maximum absolute atomic E-state index is 13.2. The van der Waals surface area contributed by atoms with Crippen LogP contribution >= 0.6 is 0 Å². The SMILES string of the molecule is C[C@@H]1CNC[C@](NC(=O)[C@@H](N)c2ccccc2)(c2ccc(C#N)c3nccnc23)C1. The number of amides is 1. The summed E-state index contributed by atoms with van der Waals surface area (Å²) in [5.74, 6) is 0.0767. The van der Waals surface area contributed by atoms with Gasteiger partial charge in [-0.05, 0) is 30.5 Å². The van der Waals surface area contributed by atoms with Gasteiger partial charge in [-0.15, -0.1) is 0 Å². The van der Waals surface area contributed by atoms with Crippen LogP contribution in [-0.4, -0.2) is 29.0 Å². The molecular formula is C23H24N6O. The Morgan fingerprint density at radius 3 is 2.67 bits per heavy atom. The van der Waals surface area contributed by atoms with Crippen LogP contribution in [0.3, 0.4) is 0 Å². The van der Waals surface area contributed by atoms with E-state index in [1.165, 1.54) is 0 Å². The molecule has 1 amide bonds. The van der Waals surface area contributed by atoms with Gasteiger partial charge >= 0.3 is 0 Å². The first kappa shape index (κ1) is 20.0. The molecule has 0 radical (unpaired) electrons. The minimum atomic E-state index is -0.781. The van der Waals surface area contributed by atoms with Crippen molar-refractivity contribution in [3.63, 3.8) is 0 Å². The van der Waals surface area contributed by atoms with Crippen LogP contribution in [-0.2, 0) is 10.3 Å². The summed E-state index contributed by atoms with van der Waals surface area (Å²) in [5.41, 5.74) is 8.80. The third-order valence-electron chi connectivity index (χ3n) is 5.68. The van der Waals surface area contributed by atoms with E-state index in [2.05, 4.69) is 33.6 Å². The molecule has 1 fully saturated rings. The lowest BCUT2D eigenvalue weighted by atomic mass is 9.77. The Morgan fingerprint density at radius 2 is 1.97 bits per heavy atom. The molecule has 152 valence electrons. The zero-order chi connectivity index (χ0) is 21.1. The molecule has 3 aromatic rings. The molecule has 0 bridgehead atoms. The van der Waals surface area contributed by atoms with E-state index in [1.807, 2.05) is 36.4 Å². The Morgan fingerprint density at radius 1 is 1.23 bits per heavy atom. The van der Waals surface area contributed by atoms with E-state index in [4.69, 9.17) is 5.73 Å². The van der Waals surface area contributed by atoms with Crippen molar-refractivity contribution in [2.75, 3.05) is 13.1 Å². The first-order chi connectivity index (χ1) is 14.5. The Labute approximate surface area is 175 Å². The average molecular weight is 400 g/mol. The summed E-state index contributed by atoms with van der Waals surface area (Å²) in [4.78, 5) is 22.1. The van der Waals surface area contributed by atoms with E-state index in [0.29, 0.717) is 29.1 Å². The number of carbonyl (C=O) groups is 1. The standard InChI is InChI=1S/C23H24N6O/c1-15-11-23(14-26-13-15,29-22(30)19(25)16-5-3-2-4-6-16)18-8-7-17(12-24)20-21(18)28-10-9-27-20/h2-10,15,19,26H,11,13-14,25H2,1H3,(H,29,30)/t15-,19-,23-/m0/s1. The second kappa shape index (κ2) is 8.19. The molecule has 7 heteroatoms. The molecule has 1 saturated heterocycles. The summed E-state index contributed by atoms with van der Waals surface area (Å²) < 4.78 is 0. The third-order valence-corrected chi connectivity index (χ3v) is 5.68. The fourth-order valence-electron chi connectivity index (χ4n) is 4.30. The summed E-state index contributed by atoms with van der Waals surface area (Å²) in [5, 5.41) is 16.1. The molecule has 4 N–H and O–H groups in total. The highest BCUT2D eigenvalue weighted by Crippen LogP contribution is 2.35. The zero-order valence-corrected chi connectivity index (χ0v) is 16.8. The van der Waals surface area contributed by atoms with Gasteiger partial charge in [0.15, 0.2) is 0 Å². The number of hydrogen-bond acceptors (Lipinski definition) is 6. The fourth-order valence-corrected chi connectivity index (χ4v) is 4.30. The largest absolute Gasteiger partial charge is 0.344 e. The van der Waals surface area contributed by atoms with Gasteiger partial charge in [-0.2, -0.15) is 5.26 Å². The van der Waals surface area contributed by atoms with Crippen LogP contribution in [0.4, 0.5) is 0 Å². The maximum Gasteiger partial charge on any atom is 0.242 e. The lowest BCUT2D eigenvalue weighted by Gasteiger charge is -2.42. The molecule has 1 aliphatic rings. The Bertz CT molecular complexity index is 1110. The number of fused-ring (bicyclic) bond motifs is 1. The van der Waals surface area contributed by atoms with E-state index < -0.39 is 11.6 Å². The molecule has 1 aliphatic heterocycles. The van der Waals surface area contributed by atoms with Crippen LogP contribution < -0.4 is 16.4 Å². The topological polar surface area (TPSA) is 117 Å². The van der Waals surface area contributed by atoms with E-state index in [-0.39, 0.29) is 5.91 Å². The molecule has 4 rings (SSSR count). The number of nitriles is 1. The van der Waals surface area contributed by atoms with Gasteiger partial charge in [0.2, 0.25) is 5.91 Å². The summed E-state index contributed by atoms with van der Waals surface area (Å²) in [6, 6.07) is 14.3. The molecular weight excluding hydrogens is 376 g/mol. The van der Waals surface area contributed by atoms with Crippen LogP contribution in [0, 0.1) is 17.2 Å². The number of nitrogens with two attached hydrogens (primary N) is 1. The minimum absolute atomic E-state index is 0.251. The summed E-state index contributed by atoms with van der Waals surface area (Å²) in [6.07, 6.45) is 3.91. The summed E-state index contributed by atoms with van der Waals surface area (Å²) in [7, 11) is 0. The van der Waals surface area contributed by atoms with Crippen LogP contribution in [0.2, 0.25) is 0 Å². The molecule has 3 atom stereocenters. The number of nitrogens with zero attached hydrogens (tertiary/aromatic N) is 3. The molecule has 0 aliphatic carbocycles. The predicted molar refractivity (Wildman–Crippen MR) is 114 cm³/mol. The van der Waals surface area contributed by atoms with Gasteiger partial charge in [0.05, 0.1) is 16.6 Å². The van der Waals surface area contributed by atoms with Gasteiger partial charge in [0.1, 0.15) is 17.6 Å². The van der Waals surface area contributed by atoms with Gasteiger partial charge in [-0.1, -0.05) is 43.3 Å². The highest BCUT2D eigenvalue weighted by molar-refractivity contribution is 5.87. The second-order valence-electron chi connectivity index (χ2n) is 7.93. The monoisotopic (exact) mass is 400 g/mol. The lowest BCUT2D eigenvalue weighted by Crippen LogP contribution is -2.58. The number of nitrogens with one attached hydrogen (secondary N) is 2. The van der Waals surface area contributed by atoms with Crippen LogP contribution in [0.5, 0.6) is 0 Å². The normalized spacial score (nSPS) is 22.2.